The van der Waals surface area contributed by atoms with E-state index in [0.717, 1.165) is 32.1 Å². The SMILES string of the molecule is CC(CN1CCN(C)CC1)NCC1CCN(CCO)CC1. The average Bonchev–Trinajstić information content (AvgIpc) is 2.49. The maximum Gasteiger partial charge on any atom is 0.0558 e. The van der Waals surface area contributed by atoms with Crippen molar-refractivity contribution < 1.29 is 5.11 Å². The molecule has 124 valence electrons. The number of likely N-dealkylation sites (tertiary alicyclic amines) is 1. The molecule has 1 unspecified atom stereocenters. The van der Waals surface area contributed by atoms with Crippen molar-refractivity contribution in [2.45, 2.75) is 25.8 Å². The summed E-state index contributed by atoms with van der Waals surface area (Å²) in [6, 6.07) is 0.587. The van der Waals surface area contributed by atoms with E-state index in [-0.39, 0.29) is 0 Å². The van der Waals surface area contributed by atoms with Crippen molar-refractivity contribution in [3.8, 4) is 0 Å². The van der Waals surface area contributed by atoms with Gasteiger partial charge in [-0.3, -0.25) is 4.90 Å². The maximum absolute atomic E-state index is 8.97. The Morgan fingerprint density at radius 1 is 1.05 bits per heavy atom. The maximum atomic E-state index is 8.97. The molecule has 0 aromatic rings. The first-order chi connectivity index (χ1) is 10.2. The zero-order valence-corrected chi connectivity index (χ0v) is 13.9. The van der Waals surface area contributed by atoms with Gasteiger partial charge in [0.25, 0.3) is 0 Å². The van der Waals surface area contributed by atoms with Crippen LogP contribution in [0.5, 0.6) is 0 Å². The Morgan fingerprint density at radius 3 is 2.33 bits per heavy atom. The molecule has 21 heavy (non-hydrogen) atoms. The summed E-state index contributed by atoms with van der Waals surface area (Å²) in [6.45, 7) is 12.9. The highest BCUT2D eigenvalue weighted by atomic mass is 16.3. The Balaban J connectivity index is 1.56. The van der Waals surface area contributed by atoms with Crippen LogP contribution in [0.25, 0.3) is 0 Å². The molecule has 2 fully saturated rings. The van der Waals surface area contributed by atoms with Gasteiger partial charge in [0.2, 0.25) is 0 Å². The lowest BCUT2D eigenvalue weighted by Gasteiger charge is -2.35. The van der Waals surface area contributed by atoms with Crippen LogP contribution in [0.1, 0.15) is 19.8 Å². The zero-order chi connectivity index (χ0) is 15.1. The summed E-state index contributed by atoms with van der Waals surface area (Å²) in [5, 5.41) is 12.7. The third kappa shape index (κ3) is 6.20. The first-order valence-electron chi connectivity index (χ1n) is 8.65. The van der Waals surface area contributed by atoms with E-state index in [1.165, 1.54) is 45.6 Å². The van der Waals surface area contributed by atoms with Gasteiger partial charge in [-0.05, 0) is 52.4 Å². The number of aliphatic hydroxyl groups is 1. The molecule has 5 heteroatoms. The van der Waals surface area contributed by atoms with Crippen LogP contribution in [-0.4, -0.2) is 98.4 Å². The second-order valence-electron chi connectivity index (χ2n) is 6.92. The molecule has 0 bridgehead atoms. The minimum absolute atomic E-state index is 0.297. The van der Waals surface area contributed by atoms with E-state index >= 15 is 0 Å². The van der Waals surface area contributed by atoms with Crippen molar-refractivity contribution in [3.63, 3.8) is 0 Å². The van der Waals surface area contributed by atoms with Gasteiger partial charge in [0.05, 0.1) is 6.61 Å². The first-order valence-corrected chi connectivity index (χ1v) is 8.65. The molecule has 2 saturated heterocycles. The molecule has 5 nitrogen and oxygen atoms in total. The van der Waals surface area contributed by atoms with Crippen LogP contribution in [0.4, 0.5) is 0 Å². The van der Waals surface area contributed by atoms with Gasteiger partial charge in [0.1, 0.15) is 0 Å². The molecule has 1 atom stereocenters. The molecule has 2 aliphatic rings. The number of nitrogens with one attached hydrogen (secondary N) is 1. The van der Waals surface area contributed by atoms with Crippen molar-refractivity contribution in [2.75, 3.05) is 72.6 Å². The fourth-order valence-electron chi connectivity index (χ4n) is 3.41. The van der Waals surface area contributed by atoms with E-state index in [9.17, 15) is 0 Å². The molecule has 0 amide bonds. The second-order valence-corrected chi connectivity index (χ2v) is 6.92. The van der Waals surface area contributed by atoms with Crippen molar-refractivity contribution in [1.82, 2.24) is 20.0 Å². The number of rotatable bonds is 7. The van der Waals surface area contributed by atoms with Crippen LogP contribution in [0, 0.1) is 5.92 Å². The lowest BCUT2D eigenvalue weighted by Crippen LogP contribution is -2.49. The molecule has 0 saturated carbocycles. The Morgan fingerprint density at radius 2 is 1.71 bits per heavy atom. The number of hydrogen-bond donors (Lipinski definition) is 2. The summed E-state index contributed by atoms with van der Waals surface area (Å²) in [5.41, 5.74) is 0. The number of hydrogen-bond acceptors (Lipinski definition) is 5. The smallest absolute Gasteiger partial charge is 0.0558 e. The van der Waals surface area contributed by atoms with Crippen LogP contribution >= 0.6 is 0 Å². The molecule has 0 spiro atoms. The number of piperidine rings is 1. The largest absolute Gasteiger partial charge is 0.395 e. The molecule has 2 rings (SSSR count). The fourth-order valence-corrected chi connectivity index (χ4v) is 3.41. The fraction of sp³-hybridized carbons (Fsp3) is 1.00. The van der Waals surface area contributed by atoms with Crippen LogP contribution in [-0.2, 0) is 0 Å². The Hall–Kier alpha value is -0.200. The Bertz CT molecular complexity index is 273. The summed E-state index contributed by atoms with van der Waals surface area (Å²) in [5.74, 6) is 0.815. The molecule has 0 radical (unpaired) electrons. The van der Waals surface area contributed by atoms with E-state index in [4.69, 9.17) is 5.11 Å². The predicted octanol–water partition coefficient (Wildman–Crippen LogP) is -0.0838. The van der Waals surface area contributed by atoms with Crippen LogP contribution in [0.3, 0.4) is 0 Å². The van der Waals surface area contributed by atoms with E-state index in [0.29, 0.717) is 12.6 Å². The quantitative estimate of drug-likeness (QED) is 0.688. The third-order valence-corrected chi connectivity index (χ3v) is 5.01. The minimum Gasteiger partial charge on any atom is -0.395 e. The molecule has 0 aromatic carbocycles. The second kappa shape index (κ2) is 9.06. The summed E-state index contributed by atoms with van der Waals surface area (Å²) in [7, 11) is 2.21. The van der Waals surface area contributed by atoms with Crippen molar-refractivity contribution in [1.29, 1.82) is 0 Å². The third-order valence-electron chi connectivity index (χ3n) is 5.01. The molecular weight excluding hydrogens is 264 g/mol. The van der Waals surface area contributed by atoms with E-state index < -0.39 is 0 Å². The summed E-state index contributed by atoms with van der Waals surface area (Å²) in [6.07, 6.45) is 2.54. The highest BCUT2D eigenvalue weighted by molar-refractivity contribution is 4.77. The zero-order valence-electron chi connectivity index (χ0n) is 13.9. The first kappa shape index (κ1) is 17.2. The number of likely N-dealkylation sites (N-methyl/N-ethyl adjacent to an activating group) is 1. The molecule has 2 aliphatic heterocycles. The van der Waals surface area contributed by atoms with E-state index in [1.54, 1.807) is 0 Å². The van der Waals surface area contributed by atoms with Gasteiger partial charge in [-0.15, -0.1) is 0 Å². The van der Waals surface area contributed by atoms with Gasteiger partial charge in [0, 0.05) is 45.3 Å². The van der Waals surface area contributed by atoms with Gasteiger partial charge in [0.15, 0.2) is 0 Å². The number of nitrogens with zero attached hydrogens (tertiary/aromatic N) is 3. The highest BCUT2D eigenvalue weighted by Gasteiger charge is 2.20. The van der Waals surface area contributed by atoms with Gasteiger partial charge < -0.3 is 20.2 Å². The highest BCUT2D eigenvalue weighted by Crippen LogP contribution is 2.16. The average molecular weight is 298 g/mol. The summed E-state index contributed by atoms with van der Waals surface area (Å²) >= 11 is 0. The molecule has 0 aromatic heterocycles. The Labute approximate surface area is 130 Å². The van der Waals surface area contributed by atoms with Crippen LogP contribution in [0.2, 0.25) is 0 Å². The van der Waals surface area contributed by atoms with Crippen molar-refractivity contribution in [3.05, 3.63) is 0 Å². The number of piperazine rings is 1. The van der Waals surface area contributed by atoms with Crippen LogP contribution < -0.4 is 5.32 Å². The van der Waals surface area contributed by atoms with Gasteiger partial charge in [-0.1, -0.05) is 0 Å². The standard InChI is InChI=1S/C16H34N4O/c1-15(14-20-9-7-18(2)8-10-20)17-13-16-3-5-19(6-4-16)11-12-21/h15-17,21H,3-14H2,1-2H3. The van der Waals surface area contributed by atoms with E-state index in [1.807, 2.05) is 0 Å². The van der Waals surface area contributed by atoms with Gasteiger partial charge in [-0.2, -0.15) is 0 Å². The van der Waals surface area contributed by atoms with Crippen molar-refractivity contribution >= 4 is 0 Å². The Kier molecular flexibility index (Phi) is 7.40. The molecular formula is C16H34N4O. The predicted molar refractivity (Wildman–Crippen MR) is 87.7 cm³/mol. The summed E-state index contributed by atoms with van der Waals surface area (Å²) in [4.78, 5) is 7.38. The molecule has 2 N–H and O–H groups in total. The van der Waals surface area contributed by atoms with E-state index in [2.05, 4.69) is 34.0 Å². The molecule has 2 heterocycles. The lowest BCUT2D eigenvalue weighted by atomic mass is 9.96. The minimum atomic E-state index is 0.297. The number of aliphatic hydroxyl groups excluding tert-OH is 1. The number of β-amino-alcohol motifs (C(OH)–C–C–N with tert-alkyl or cyclic N) is 1. The molecule has 0 aliphatic carbocycles. The van der Waals surface area contributed by atoms with Gasteiger partial charge in [-0.25, -0.2) is 0 Å². The van der Waals surface area contributed by atoms with Gasteiger partial charge >= 0.3 is 0 Å². The monoisotopic (exact) mass is 298 g/mol. The summed E-state index contributed by atoms with van der Waals surface area (Å²) < 4.78 is 0. The van der Waals surface area contributed by atoms with Crippen molar-refractivity contribution in [2.24, 2.45) is 5.92 Å². The topological polar surface area (TPSA) is 42.0 Å². The van der Waals surface area contributed by atoms with Crippen LogP contribution in [0.15, 0.2) is 0 Å². The normalized spacial score (nSPS) is 25.3. The lowest BCUT2D eigenvalue weighted by molar-refractivity contribution is 0.134.